The average molecular weight is 272 g/mol. The molecule has 0 aromatic heterocycles. The summed E-state index contributed by atoms with van der Waals surface area (Å²) in [4.78, 5) is 21.2. The van der Waals surface area contributed by atoms with E-state index in [0.29, 0.717) is 5.75 Å². The summed E-state index contributed by atoms with van der Waals surface area (Å²) in [6, 6.07) is 9.62. The van der Waals surface area contributed by atoms with Gasteiger partial charge in [0.25, 0.3) is 0 Å². The van der Waals surface area contributed by atoms with Crippen LogP contribution >= 0.6 is 21.6 Å². The maximum absolute atomic E-state index is 10.8. The van der Waals surface area contributed by atoms with Gasteiger partial charge in [0.05, 0.1) is 6.42 Å². The quantitative estimate of drug-likeness (QED) is 0.743. The molecule has 4 nitrogen and oxygen atoms in total. The van der Waals surface area contributed by atoms with E-state index in [1.54, 1.807) is 0 Å². The molecule has 2 N–H and O–H groups in total. The molecule has 0 bridgehead atoms. The fourth-order valence-electron chi connectivity index (χ4n) is 1.08. The van der Waals surface area contributed by atoms with Crippen LogP contribution in [0.3, 0.4) is 0 Å². The zero-order valence-corrected chi connectivity index (χ0v) is 10.5. The van der Waals surface area contributed by atoms with Gasteiger partial charge in [-0.3, -0.25) is 9.59 Å². The summed E-state index contributed by atoms with van der Waals surface area (Å²) in [5.74, 6) is -1.52. The third kappa shape index (κ3) is 5.65. The van der Waals surface area contributed by atoms with Crippen molar-refractivity contribution in [3.05, 3.63) is 35.9 Å². The molecule has 0 saturated carbocycles. The van der Waals surface area contributed by atoms with E-state index in [4.69, 9.17) is 10.2 Å². The lowest BCUT2D eigenvalue weighted by Crippen LogP contribution is -2.19. The molecule has 92 valence electrons. The molecular formula is C11H12O4S2. The van der Waals surface area contributed by atoms with E-state index in [1.165, 1.54) is 10.8 Å². The second kappa shape index (κ2) is 7.24. The molecule has 0 aliphatic rings. The predicted molar refractivity (Wildman–Crippen MR) is 69.0 cm³/mol. The summed E-state index contributed by atoms with van der Waals surface area (Å²) in [6.07, 6.45) is -0.359. The van der Waals surface area contributed by atoms with Gasteiger partial charge < -0.3 is 10.2 Å². The summed E-state index contributed by atoms with van der Waals surface area (Å²) in [5.41, 5.74) is 1.09. The molecule has 0 fully saturated rings. The monoisotopic (exact) mass is 272 g/mol. The molecule has 0 amide bonds. The molecule has 0 aliphatic heterocycles. The van der Waals surface area contributed by atoms with Crippen LogP contribution in [0, 0.1) is 0 Å². The van der Waals surface area contributed by atoms with Gasteiger partial charge in [-0.05, 0) is 5.56 Å². The lowest BCUT2D eigenvalue weighted by Gasteiger charge is -2.08. The molecule has 1 aromatic carbocycles. The minimum Gasteiger partial charge on any atom is -0.481 e. The molecule has 17 heavy (non-hydrogen) atoms. The normalized spacial score (nSPS) is 12.0. The smallest absolute Gasteiger partial charge is 0.318 e. The summed E-state index contributed by atoms with van der Waals surface area (Å²) in [6.45, 7) is 0. The minimum absolute atomic E-state index is 0.359. The van der Waals surface area contributed by atoms with Crippen LogP contribution < -0.4 is 0 Å². The maximum atomic E-state index is 10.8. The number of rotatable bonds is 7. The minimum atomic E-state index is -1.09. The summed E-state index contributed by atoms with van der Waals surface area (Å²) in [7, 11) is 2.45. The maximum Gasteiger partial charge on any atom is 0.318 e. The molecule has 1 aromatic rings. The van der Waals surface area contributed by atoms with E-state index in [-0.39, 0.29) is 6.42 Å². The number of carboxylic acids is 2. The summed E-state index contributed by atoms with van der Waals surface area (Å²) >= 11 is 0. The Labute approximate surface area is 107 Å². The summed E-state index contributed by atoms with van der Waals surface area (Å²) in [5, 5.41) is 16.5. The molecule has 0 heterocycles. The number of carboxylic acid groups (broad SMARTS) is 2. The molecule has 0 aliphatic carbocycles. The van der Waals surface area contributed by atoms with Gasteiger partial charge in [0.15, 0.2) is 0 Å². The largest absolute Gasteiger partial charge is 0.481 e. The highest BCUT2D eigenvalue weighted by atomic mass is 33.1. The molecule has 1 rings (SSSR count). The Morgan fingerprint density at radius 1 is 1.18 bits per heavy atom. The van der Waals surface area contributed by atoms with Crippen molar-refractivity contribution in [2.45, 2.75) is 17.4 Å². The van der Waals surface area contributed by atoms with E-state index >= 15 is 0 Å². The Morgan fingerprint density at radius 3 is 2.35 bits per heavy atom. The topological polar surface area (TPSA) is 74.6 Å². The number of aliphatic carboxylic acids is 2. The predicted octanol–water partition coefficient (Wildman–Crippen LogP) is 2.50. The van der Waals surface area contributed by atoms with Crippen LogP contribution in [0.2, 0.25) is 0 Å². The molecular weight excluding hydrogens is 260 g/mol. The van der Waals surface area contributed by atoms with Gasteiger partial charge in [-0.2, -0.15) is 0 Å². The van der Waals surface area contributed by atoms with Crippen LogP contribution in [-0.2, 0) is 15.3 Å². The van der Waals surface area contributed by atoms with E-state index in [0.717, 1.165) is 16.4 Å². The van der Waals surface area contributed by atoms with Crippen molar-refractivity contribution < 1.29 is 19.8 Å². The van der Waals surface area contributed by atoms with Crippen molar-refractivity contribution in [2.24, 2.45) is 0 Å². The molecule has 0 spiro atoms. The number of hydrogen-bond acceptors (Lipinski definition) is 4. The Bertz CT molecular complexity index is 380. The van der Waals surface area contributed by atoms with E-state index in [9.17, 15) is 9.59 Å². The summed E-state index contributed by atoms with van der Waals surface area (Å²) < 4.78 is 0. The second-order valence-corrected chi connectivity index (χ2v) is 5.84. The third-order valence-electron chi connectivity index (χ3n) is 1.89. The number of hydrogen-bond donors (Lipinski definition) is 2. The van der Waals surface area contributed by atoms with E-state index in [2.05, 4.69) is 0 Å². The number of benzene rings is 1. The highest BCUT2D eigenvalue weighted by Gasteiger charge is 2.21. The van der Waals surface area contributed by atoms with Crippen molar-refractivity contribution >= 4 is 33.5 Å². The molecule has 1 atom stereocenters. The molecule has 0 radical (unpaired) electrons. The van der Waals surface area contributed by atoms with Crippen LogP contribution in [0.1, 0.15) is 12.0 Å². The zero-order chi connectivity index (χ0) is 12.7. The van der Waals surface area contributed by atoms with Gasteiger partial charge in [-0.25, -0.2) is 0 Å². The van der Waals surface area contributed by atoms with Gasteiger partial charge >= 0.3 is 11.9 Å². The highest BCUT2D eigenvalue weighted by molar-refractivity contribution is 8.76. The SMILES string of the molecule is O=C(O)C[C@@H](SSCc1ccccc1)C(=O)O. The lowest BCUT2D eigenvalue weighted by molar-refractivity contribution is -0.142. The Balaban J connectivity index is 2.37. The first kappa shape index (κ1) is 13.9. The molecule has 0 saturated heterocycles. The zero-order valence-electron chi connectivity index (χ0n) is 8.91. The Morgan fingerprint density at radius 2 is 1.82 bits per heavy atom. The van der Waals surface area contributed by atoms with Gasteiger partial charge in [0, 0.05) is 5.75 Å². The van der Waals surface area contributed by atoms with E-state index < -0.39 is 17.2 Å². The first-order valence-electron chi connectivity index (χ1n) is 4.86. The van der Waals surface area contributed by atoms with Crippen LogP contribution in [-0.4, -0.2) is 27.4 Å². The van der Waals surface area contributed by atoms with Crippen LogP contribution in [0.15, 0.2) is 30.3 Å². The average Bonchev–Trinajstić information content (AvgIpc) is 2.28. The second-order valence-electron chi connectivity index (χ2n) is 3.27. The molecule has 6 heteroatoms. The standard InChI is InChI=1S/C11H12O4S2/c12-10(13)6-9(11(14)15)17-16-7-8-4-2-1-3-5-8/h1-5,9H,6-7H2,(H,12,13)(H,14,15)/t9-/m1/s1. The molecule has 0 unspecified atom stereocenters. The fraction of sp³-hybridized carbons (Fsp3) is 0.273. The third-order valence-corrected chi connectivity index (χ3v) is 4.53. The van der Waals surface area contributed by atoms with Crippen LogP contribution in [0.4, 0.5) is 0 Å². The lowest BCUT2D eigenvalue weighted by atomic mass is 10.2. The van der Waals surface area contributed by atoms with Crippen LogP contribution in [0.25, 0.3) is 0 Å². The van der Waals surface area contributed by atoms with Crippen molar-refractivity contribution in [1.82, 2.24) is 0 Å². The van der Waals surface area contributed by atoms with Gasteiger partial charge in [0.1, 0.15) is 5.25 Å². The Hall–Kier alpha value is -1.14. The Kier molecular flexibility index (Phi) is 5.93. The first-order valence-corrected chi connectivity index (χ1v) is 7.24. The van der Waals surface area contributed by atoms with E-state index in [1.807, 2.05) is 30.3 Å². The van der Waals surface area contributed by atoms with Gasteiger partial charge in [-0.15, -0.1) is 0 Å². The number of carbonyl (C=O) groups is 2. The van der Waals surface area contributed by atoms with Gasteiger partial charge in [0.2, 0.25) is 0 Å². The van der Waals surface area contributed by atoms with Crippen LogP contribution in [0.5, 0.6) is 0 Å². The fourth-order valence-corrected chi connectivity index (χ4v) is 3.49. The van der Waals surface area contributed by atoms with Crippen molar-refractivity contribution in [2.75, 3.05) is 0 Å². The first-order chi connectivity index (χ1) is 8.09. The van der Waals surface area contributed by atoms with Crippen molar-refractivity contribution in [3.8, 4) is 0 Å². The van der Waals surface area contributed by atoms with Crippen molar-refractivity contribution in [1.29, 1.82) is 0 Å². The highest BCUT2D eigenvalue weighted by Crippen LogP contribution is 2.31. The van der Waals surface area contributed by atoms with Gasteiger partial charge in [-0.1, -0.05) is 51.9 Å². The van der Waals surface area contributed by atoms with Crippen molar-refractivity contribution in [3.63, 3.8) is 0 Å².